The number of esters is 2. The number of aliphatic hydroxyl groups excluding tert-OH is 1. The van der Waals surface area contributed by atoms with Crippen LogP contribution in [0.2, 0.25) is 0 Å². The molecule has 21 heteroatoms. The molecular weight excluding hydrogens is 834 g/mol. The fourth-order valence-electron chi connectivity index (χ4n) is 8.47. The maximum absolute atomic E-state index is 14.1. The first-order valence-electron chi connectivity index (χ1n) is 20.3. The Hall–Kier alpha value is -5.96. The van der Waals surface area contributed by atoms with E-state index in [0.29, 0.717) is 24.1 Å². The molecule has 1 aromatic rings. The summed E-state index contributed by atoms with van der Waals surface area (Å²) >= 11 is 0. The van der Waals surface area contributed by atoms with Gasteiger partial charge in [0.05, 0.1) is 30.9 Å². The van der Waals surface area contributed by atoms with E-state index in [9.17, 15) is 53.7 Å². The number of aliphatic hydroxyl groups is 1. The maximum atomic E-state index is 14.1. The van der Waals surface area contributed by atoms with Crippen molar-refractivity contribution in [3.05, 3.63) is 40.7 Å². The van der Waals surface area contributed by atoms with Gasteiger partial charge in [0.2, 0.25) is 0 Å². The Morgan fingerprint density at radius 2 is 1.37 bits per heavy atom. The molecule has 8 atom stereocenters. The quantitative estimate of drug-likeness (QED) is 0.125. The van der Waals surface area contributed by atoms with Gasteiger partial charge >= 0.3 is 36.2 Å². The lowest BCUT2D eigenvalue weighted by Gasteiger charge is -2.62. The molecule has 2 amide bonds. The Labute approximate surface area is 362 Å². The molecule has 1 saturated heterocycles. The number of benzene rings is 1. The van der Waals surface area contributed by atoms with Crippen molar-refractivity contribution in [2.24, 2.45) is 0 Å². The van der Waals surface area contributed by atoms with Crippen molar-refractivity contribution in [2.75, 3.05) is 13.6 Å². The summed E-state index contributed by atoms with van der Waals surface area (Å²) in [5.41, 5.74) is -2.90. The topological polar surface area (TPSA) is 289 Å². The summed E-state index contributed by atoms with van der Waals surface area (Å²) in [6.07, 6.45) is -6.34. The third kappa shape index (κ3) is 10.1. The van der Waals surface area contributed by atoms with Gasteiger partial charge in [-0.3, -0.25) is 24.1 Å². The number of nitrogens with one attached hydrogen (secondary N) is 2. The van der Waals surface area contributed by atoms with Crippen molar-refractivity contribution in [1.82, 2.24) is 15.5 Å². The van der Waals surface area contributed by atoms with Gasteiger partial charge in [-0.2, -0.15) is 0 Å². The molecule has 1 spiro atoms. The molecule has 0 saturated carbocycles. The van der Waals surface area contributed by atoms with Crippen molar-refractivity contribution < 1.29 is 86.8 Å². The zero-order chi connectivity index (χ0) is 47.0. The highest BCUT2D eigenvalue weighted by Crippen LogP contribution is 2.65. The molecule has 346 valence electrons. The third-order valence-electron chi connectivity index (χ3n) is 11.1. The molecule has 0 aromatic heterocycles. The van der Waals surface area contributed by atoms with Gasteiger partial charge in [0.1, 0.15) is 40.4 Å². The van der Waals surface area contributed by atoms with Crippen LogP contribution in [0.1, 0.15) is 97.8 Å². The fraction of sp³-hybridized carbons (Fsp3) is 0.619. The highest BCUT2D eigenvalue weighted by Gasteiger charge is 2.74. The molecule has 1 aromatic carbocycles. The zero-order valence-corrected chi connectivity index (χ0v) is 36.6. The number of aliphatic carboxylic acids is 2. The van der Waals surface area contributed by atoms with Gasteiger partial charge in [0.25, 0.3) is 11.8 Å². The minimum Gasteiger partial charge on any atom is -0.481 e. The van der Waals surface area contributed by atoms with Crippen LogP contribution in [0.15, 0.2) is 24.0 Å². The second-order valence-corrected chi connectivity index (χ2v) is 18.0. The molecule has 63 heavy (non-hydrogen) atoms. The van der Waals surface area contributed by atoms with Crippen molar-refractivity contribution in [2.45, 2.75) is 153 Å². The van der Waals surface area contributed by atoms with Crippen LogP contribution in [0.4, 0.5) is 9.59 Å². The zero-order valence-electron chi connectivity index (χ0n) is 36.6. The highest BCUT2D eigenvalue weighted by atomic mass is 16.7. The van der Waals surface area contributed by atoms with Crippen LogP contribution in [0.5, 0.6) is 5.75 Å². The second kappa shape index (κ2) is 18.0. The van der Waals surface area contributed by atoms with Crippen LogP contribution < -0.4 is 15.4 Å². The van der Waals surface area contributed by atoms with Gasteiger partial charge in [0, 0.05) is 17.5 Å². The van der Waals surface area contributed by atoms with E-state index in [-0.39, 0.29) is 24.4 Å². The van der Waals surface area contributed by atoms with Crippen molar-refractivity contribution in [3.63, 3.8) is 0 Å². The van der Waals surface area contributed by atoms with Crippen LogP contribution in [0, 0.1) is 0 Å². The summed E-state index contributed by atoms with van der Waals surface area (Å²) in [5, 5.41) is 34.8. The molecule has 4 aliphatic rings. The molecule has 2 aliphatic heterocycles. The number of likely N-dealkylation sites (N-methyl/N-ethyl adjacent to an activating group) is 1. The van der Waals surface area contributed by atoms with Crippen LogP contribution in [0.3, 0.4) is 0 Å². The van der Waals surface area contributed by atoms with E-state index >= 15 is 0 Å². The van der Waals surface area contributed by atoms with Crippen molar-refractivity contribution in [3.8, 4) is 5.75 Å². The van der Waals surface area contributed by atoms with E-state index in [1.54, 1.807) is 47.6 Å². The first-order valence-corrected chi connectivity index (χ1v) is 20.3. The summed E-state index contributed by atoms with van der Waals surface area (Å²) in [6.45, 7) is 11.8. The van der Waals surface area contributed by atoms with E-state index in [1.165, 1.54) is 19.9 Å². The smallest absolute Gasteiger partial charge is 0.481 e. The van der Waals surface area contributed by atoms with E-state index in [1.807, 2.05) is 18.0 Å². The van der Waals surface area contributed by atoms with Crippen molar-refractivity contribution in [1.29, 1.82) is 0 Å². The lowest BCUT2D eigenvalue weighted by atomic mass is 9.50. The number of ether oxygens (including phenoxy) is 7. The molecule has 2 bridgehead atoms. The SMILES string of the molecule is C[C@H](OC(=O)OC(C)(C)C)C(=O)N[C@@H](CC(=O)OC1=CC[C@@]2(OC(=O)C[C@H](NC(=O)[C@H](C)OC(=O)OC(C)(C)C)C(=O)O)[C@H]3Cc4ccc(CO)c5c4[C@@]2(CCN3C)[C@H]1O5)C(=O)O. The Balaban J connectivity index is 1.41. The Morgan fingerprint density at radius 1 is 0.841 bits per heavy atom. The first-order chi connectivity index (χ1) is 29.2. The number of carbonyl (C=O) groups excluding carboxylic acids is 6. The largest absolute Gasteiger partial charge is 0.509 e. The Kier molecular flexibility index (Phi) is 13.8. The molecule has 5 N–H and O–H groups in total. The minimum absolute atomic E-state index is 0.0605. The lowest BCUT2D eigenvalue weighted by Crippen LogP contribution is -2.75. The van der Waals surface area contributed by atoms with Gasteiger partial charge in [-0.1, -0.05) is 12.1 Å². The Bertz CT molecular complexity index is 2070. The maximum Gasteiger partial charge on any atom is 0.509 e. The number of likely N-dealkylation sites (tertiary alicyclic amines) is 1. The number of rotatable bonds is 15. The average Bonchev–Trinajstić information content (AvgIpc) is 3.51. The Morgan fingerprint density at radius 3 is 1.86 bits per heavy atom. The molecule has 1 fully saturated rings. The fourth-order valence-corrected chi connectivity index (χ4v) is 8.47. The number of nitrogens with zero attached hydrogens (tertiary/aromatic N) is 1. The van der Waals surface area contributed by atoms with Crippen LogP contribution in [-0.4, -0.2) is 135 Å². The van der Waals surface area contributed by atoms with E-state index in [0.717, 1.165) is 5.56 Å². The van der Waals surface area contributed by atoms with Crippen molar-refractivity contribution >= 4 is 48.0 Å². The summed E-state index contributed by atoms with van der Waals surface area (Å²) in [7, 11) is 1.83. The molecule has 0 radical (unpaired) electrons. The number of hydrogen-bond acceptors (Lipinski definition) is 17. The van der Waals surface area contributed by atoms with Gasteiger partial charge in [0.15, 0.2) is 18.3 Å². The minimum atomic E-state index is -1.83. The monoisotopic (exact) mass is 889 g/mol. The number of piperidine rings is 1. The molecule has 21 nitrogen and oxygen atoms in total. The van der Waals surface area contributed by atoms with Crippen LogP contribution >= 0.6 is 0 Å². The van der Waals surface area contributed by atoms with Gasteiger partial charge in [-0.15, -0.1) is 0 Å². The molecule has 2 aliphatic carbocycles. The number of amides is 2. The van der Waals surface area contributed by atoms with Gasteiger partial charge < -0.3 is 59.1 Å². The summed E-state index contributed by atoms with van der Waals surface area (Å²) < 4.78 is 38.9. The first kappa shape index (κ1) is 48.1. The van der Waals surface area contributed by atoms with Gasteiger partial charge in [-0.05, 0) is 93.5 Å². The summed E-state index contributed by atoms with van der Waals surface area (Å²) in [6, 6.07) is -0.695. The summed E-state index contributed by atoms with van der Waals surface area (Å²) in [5.74, 6) is -7.13. The molecule has 2 heterocycles. The standard InChI is InChI=1S/C42H55N3O18/c1-20(57-37(55)62-39(3,4)5)33(49)43-24(35(51)52)17-28(47)59-26-12-13-42(61-29(48)18-25(36(53)54)44-34(50)21(2)58-38(56)63-40(6,7)8)27-16-22-10-11-23(19-46)31-30(22)41(42,32(26)60-31)14-15-45(27)9/h10-12,20-21,24-25,27,32,46H,13-19H2,1-9H3,(H,43,49)(H,44,50)(H,51,52)(H,53,54)/t20-,21-,24-,25-,27+,32-,41-,42+/m0/s1. The van der Waals surface area contributed by atoms with E-state index in [2.05, 4.69) is 10.6 Å². The molecule has 0 unspecified atom stereocenters. The lowest BCUT2D eigenvalue weighted by molar-refractivity contribution is -0.207. The molecular formula is C42H55N3O18. The van der Waals surface area contributed by atoms with Crippen LogP contribution in [0.25, 0.3) is 0 Å². The normalized spacial score (nSPS) is 24.0. The number of carboxylic acids is 2. The van der Waals surface area contributed by atoms with E-state index < -0.39 is 126 Å². The number of carbonyl (C=O) groups is 8. The molecule has 5 rings (SSSR count). The van der Waals surface area contributed by atoms with Crippen LogP contribution in [-0.2, 0) is 75.6 Å². The van der Waals surface area contributed by atoms with E-state index in [4.69, 9.17) is 33.2 Å². The predicted molar refractivity (Wildman–Crippen MR) is 213 cm³/mol. The number of hydrogen-bond donors (Lipinski definition) is 5. The average molecular weight is 890 g/mol. The number of carboxylic acid groups (broad SMARTS) is 2. The predicted octanol–water partition coefficient (Wildman–Crippen LogP) is 2.15. The third-order valence-corrected chi connectivity index (χ3v) is 11.1. The summed E-state index contributed by atoms with van der Waals surface area (Å²) in [4.78, 5) is 104. The van der Waals surface area contributed by atoms with Gasteiger partial charge in [-0.25, -0.2) is 19.2 Å². The second-order valence-electron chi connectivity index (χ2n) is 18.0. The highest BCUT2D eigenvalue weighted by molar-refractivity contribution is 5.91.